The first-order valence-electron chi connectivity index (χ1n) is 5.28. The van der Waals surface area contributed by atoms with Crippen molar-refractivity contribution in [3.8, 4) is 11.8 Å². The third kappa shape index (κ3) is 3.67. The molecule has 0 aliphatic carbocycles. The van der Waals surface area contributed by atoms with Gasteiger partial charge in [-0.3, -0.25) is 4.79 Å². The Hall–Kier alpha value is -1.69. The molecule has 0 atom stereocenters. The number of nitrogens with zero attached hydrogens (tertiary/aromatic N) is 2. The highest BCUT2D eigenvalue weighted by Crippen LogP contribution is 2.17. The molecular formula is C11H16N2O4. The summed E-state index contributed by atoms with van der Waals surface area (Å²) in [7, 11) is 2.89. The van der Waals surface area contributed by atoms with Gasteiger partial charge in [0.1, 0.15) is 6.61 Å². The van der Waals surface area contributed by atoms with E-state index in [1.165, 1.54) is 20.4 Å². The highest BCUT2D eigenvalue weighted by Gasteiger charge is 2.16. The van der Waals surface area contributed by atoms with Crippen LogP contribution in [0.2, 0.25) is 0 Å². The lowest BCUT2D eigenvalue weighted by atomic mass is 10.3. The van der Waals surface area contributed by atoms with Crippen LogP contribution in [0.15, 0.2) is 6.20 Å². The van der Waals surface area contributed by atoms with Gasteiger partial charge in [-0.25, -0.2) is 4.98 Å². The topological polar surface area (TPSA) is 70.5 Å². The van der Waals surface area contributed by atoms with Crippen LogP contribution in [0.5, 0.6) is 11.8 Å². The normalized spacial score (nSPS) is 10.1. The zero-order chi connectivity index (χ0) is 12.7. The maximum atomic E-state index is 11.8. The molecule has 0 unspecified atom stereocenters. The number of carbonyl (C=O) groups excluding carboxylic acids is 1. The molecule has 0 fully saturated rings. The summed E-state index contributed by atoms with van der Waals surface area (Å²) in [6.45, 7) is 2.49. The molecule has 6 nitrogen and oxygen atoms in total. The molecule has 1 rings (SSSR count). The van der Waals surface area contributed by atoms with Crippen molar-refractivity contribution in [3.05, 3.63) is 11.9 Å². The molecule has 6 heteroatoms. The third-order valence-corrected chi connectivity index (χ3v) is 1.97. The Labute approximate surface area is 99.9 Å². The molecule has 1 aromatic heterocycles. The second kappa shape index (κ2) is 6.80. The van der Waals surface area contributed by atoms with E-state index in [0.717, 1.165) is 6.42 Å². The second-order valence-corrected chi connectivity index (χ2v) is 3.25. The summed E-state index contributed by atoms with van der Waals surface area (Å²) in [6.07, 6.45) is 2.23. The minimum absolute atomic E-state index is 0.0226. The van der Waals surface area contributed by atoms with E-state index in [-0.39, 0.29) is 24.0 Å². The Morgan fingerprint density at radius 2 is 2.12 bits per heavy atom. The standard InChI is InChI=1S/C11H16N2O4/c1-4-5-17-7-8(14)10-11(16-3)13-9(15-2)6-12-10/h6H,4-5,7H2,1-3H3. The first-order valence-corrected chi connectivity index (χ1v) is 5.28. The highest BCUT2D eigenvalue weighted by atomic mass is 16.5. The first-order chi connectivity index (χ1) is 8.22. The number of carbonyl (C=O) groups is 1. The molecule has 0 bridgehead atoms. The van der Waals surface area contributed by atoms with E-state index in [0.29, 0.717) is 12.5 Å². The van der Waals surface area contributed by atoms with Crippen molar-refractivity contribution in [1.82, 2.24) is 9.97 Å². The Bertz CT molecular complexity index is 382. The van der Waals surface area contributed by atoms with E-state index in [2.05, 4.69) is 9.97 Å². The maximum absolute atomic E-state index is 11.8. The van der Waals surface area contributed by atoms with Gasteiger partial charge in [0.15, 0.2) is 5.69 Å². The molecule has 0 aromatic carbocycles. The molecule has 0 amide bonds. The SMILES string of the molecule is CCCOCC(=O)c1ncc(OC)nc1OC. The van der Waals surface area contributed by atoms with E-state index in [9.17, 15) is 4.79 Å². The summed E-state index contributed by atoms with van der Waals surface area (Å²) in [4.78, 5) is 19.7. The van der Waals surface area contributed by atoms with Crippen LogP contribution in [0, 0.1) is 0 Å². The van der Waals surface area contributed by atoms with Crippen LogP contribution >= 0.6 is 0 Å². The number of ether oxygens (including phenoxy) is 3. The lowest BCUT2D eigenvalue weighted by Gasteiger charge is -2.07. The first kappa shape index (κ1) is 13.4. The van der Waals surface area contributed by atoms with Crippen molar-refractivity contribution in [2.24, 2.45) is 0 Å². The van der Waals surface area contributed by atoms with E-state index >= 15 is 0 Å². The van der Waals surface area contributed by atoms with Gasteiger partial charge >= 0.3 is 0 Å². The van der Waals surface area contributed by atoms with Gasteiger partial charge in [0, 0.05) is 6.61 Å². The number of hydrogen-bond acceptors (Lipinski definition) is 6. The lowest BCUT2D eigenvalue weighted by Crippen LogP contribution is -2.13. The van der Waals surface area contributed by atoms with Crippen LogP contribution in [0.25, 0.3) is 0 Å². The Kier molecular flexibility index (Phi) is 5.35. The molecule has 1 aromatic rings. The fourth-order valence-corrected chi connectivity index (χ4v) is 1.17. The average molecular weight is 240 g/mol. The van der Waals surface area contributed by atoms with Crippen LogP contribution in [0.1, 0.15) is 23.8 Å². The molecule has 0 N–H and O–H groups in total. The van der Waals surface area contributed by atoms with Gasteiger partial charge in [-0.1, -0.05) is 6.92 Å². The Balaban J connectivity index is 2.78. The van der Waals surface area contributed by atoms with Crippen molar-refractivity contribution < 1.29 is 19.0 Å². The molecule has 1 heterocycles. The summed E-state index contributed by atoms with van der Waals surface area (Å²) in [5, 5.41) is 0. The molecule has 0 saturated carbocycles. The molecular weight excluding hydrogens is 224 g/mol. The monoisotopic (exact) mass is 240 g/mol. The van der Waals surface area contributed by atoms with Gasteiger partial charge in [-0.05, 0) is 6.42 Å². The summed E-state index contributed by atoms with van der Waals surface area (Å²) >= 11 is 0. The zero-order valence-corrected chi connectivity index (χ0v) is 10.2. The fourth-order valence-electron chi connectivity index (χ4n) is 1.17. The van der Waals surface area contributed by atoms with Gasteiger partial charge in [0.25, 0.3) is 0 Å². The lowest BCUT2D eigenvalue weighted by molar-refractivity contribution is 0.0752. The number of ketones is 1. The van der Waals surface area contributed by atoms with Crippen LogP contribution in [-0.4, -0.2) is 43.2 Å². The summed E-state index contributed by atoms with van der Waals surface area (Å²) in [5.74, 6) is 0.188. The quantitative estimate of drug-likeness (QED) is 0.525. The summed E-state index contributed by atoms with van der Waals surface area (Å²) in [6, 6.07) is 0. The van der Waals surface area contributed by atoms with E-state index in [1.54, 1.807) is 0 Å². The number of Topliss-reactive ketones (excluding diaryl/α,β-unsaturated/α-hetero) is 1. The molecule has 0 spiro atoms. The van der Waals surface area contributed by atoms with Crippen molar-refractivity contribution >= 4 is 5.78 Å². The minimum Gasteiger partial charge on any atom is -0.480 e. The van der Waals surface area contributed by atoms with Crippen LogP contribution < -0.4 is 9.47 Å². The van der Waals surface area contributed by atoms with Gasteiger partial charge in [-0.2, -0.15) is 4.98 Å². The average Bonchev–Trinajstić information content (AvgIpc) is 2.38. The predicted molar refractivity (Wildman–Crippen MR) is 60.6 cm³/mol. The van der Waals surface area contributed by atoms with Crippen molar-refractivity contribution in [3.63, 3.8) is 0 Å². The third-order valence-electron chi connectivity index (χ3n) is 1.97. The summed E-state index contributed by atoms with van der Waals surface area (Å²) in [5.41, 5.74) is 0.157. The maximum Gasteiger partial charge on any atom is 0.246 e. The fraction of sp³-hybridized carbons (Fsp3) is 0.545. The summed E-state index contributed by atoms with van der Waals surface area (Å²) < 4.78 is 15.0. The molecule has 17 heavy (non-hydrogen) atoms. The smallest absolute Gasteiger partial charge is 0.246 e. The predicted octanol–water partition coefficient (Wildman–Crippen LogP) is 1.10. The van der Waals surface area contributed by atoms with Crippen LogP contribution in [-0.2, 0) is 4.74 Å². The van der Waals surface area contributed by atoms with E-state index in [1.807, 2.05) is 6.92 Å². The van der Waals surface area contributed by atoms with E-state index < -0.39 is 0 Å². The Morgan fingerprint density at radius 3 is 2.71 bits per heavy atom. The largest absolute Gasteiger partial charge is 0.480 e. The number of aromatic nitrogens is 2. The van der Waals surface area contributed by atoms with Gasteiger partial charge in [0.2, 0.25) is 17.5 Å². The van der Waals surface area contributed by atoms with Gasteiger partial charge in [-0.15, -0.1) is 0 Å². The van der Waals surface area contributed by atoms with Crippen molar-refractivity contribution in [2.75, 3.05) is 27.4 Å². The van der Waals surface area contributed by atoms with Crippen molar-refractivity contribution in [2.45, 2.75) is 13.3 Å². The molecule has 0 aliphatic heterocycles. The van der Waals surface area contributed by atoms with Crippen LogP contribution in [0.4, 0.5) is 0 Å². The number of methoxy groups -OCH3 is 2. The molecule has 0 saturated heterocycles. The highest BCUT2D eigenvalue weighted by molar-refractivity contribution is 5.97. The Morgan fingerprint density at radius 1 is 1.35 bits per heavy atom. The van der Waals surface area contributed by atoms with Gasteiger partial charge in [0.05, 0.1) is 20.4 Å². The van der Waals surface area contributed by atoms with Crippen LogP contribution in [0.3, 0.4) is 0 Å². The minimum atomic E-state index is -0.259. The number of rotatable bonds is 7. The molecule has 94 valence electrons. The van der Waals surface area contributed by atoms with E-state index in [4.69, 9.17) is 14.2 Å². The second-order valence-electron chi connectivity index (χ2n) is 3.25. The van der Waals surface area contributed by atoms with Crippen molar-refractivity contribution in [1.29, 1.82) is 0 Å². The molecule has 0 radical (unpaired) electrons. The number of hydrogen-bond donors (Lipinski definition) is 0. The zero-order valence-electron chi connectivity index (χ0n) is 10.2. The van der Waals surface area contributed by atoms with Gasteiger partial charge < -0.3 is 14.2 Å². The molecule has 0 aliphatic rings.